The van der Waals surface area contributed by atoms with E-state index in [4.69, 9.17) is 33.5 Å². The Morgan fingerprint density at radius 1 is 1.15 bits per heavy atom. The molecule has 2 aromatic heterocycles. The van der Waals surface area contributed by atoms with Crippen LogP contribution < -0.4 is 29.8 Å². The second kappa shape index (κ2) is 12.3. The quantitative estimate of drug-likeness (QED) is 0.0856. The number of ether oxygens (including phenoxy) is 3. The number of aromatic amines is 1. The molecule has 242 valence electrons. The number of nitrogen functional groups attached to an aromatic ring is 1. The molecule has 0 saturated carbocycles. The predicted octanol–water partition coefficient (Wildman–Crippen LogP) is 3.20. The molecule has 1 fully saturated rings. The summed E-state index contributed by atoms with van der Waals surface area (Å²) in [6.45, 7) is -0.440. The average Bonchev–Trinajstić information content (AvgIpc) is 3.55. The fourth-order valence-electron chi connectivity index (χ4n) is 4.68. The Balaban J connectivity index is 1.55. The van der Waals surface area contributed by atoms with Crippen LogP contribution in [-0.2, 0) is 18.6 Å². The molecule has 0 spiro atoms. The third-order valence-electron chi connectivity index (χ3n) is 7.00. The summed E-state index contributed by atoms with van der Waals surface area (Å²) in [4.78, 5) is 37.9. The number of phosphoric ester groups is 1. The third kappa shape index (κ3) is 5.68. The van der Waals surface area contributed by atoms with E-state index in [9.17, 15) is 24.8 Å². The van der Waals surface area contributed by atoms with Gasteiger partial charge in [0, 0.05) is 4.91 Å². The first-order valence-corrected chi connectivity index (χ1v) is 14.6. The number of ketones is 1. The molecule has 1 aliphatic heterocycles. The number of phosphoric acid groups is 1. The highest BCUT2D eigenvalue weighted by molar-refractivity contribution is 7.49. The van der Waals surface area contributed by atoms with Crippen LogP contribution in [-0.4, -0.2) is 68.7 Å². The van der Waals surface area contributed by atoms with Crippen molar-refractivity contribution in [2.24, 2.45) is 5.11 Å². The highest BCUT2D eigenvalue weighted by Gasteiger charge is 2.70. The van der Waals surface area contributed by atoms with E-state index in [0.717, 1.165) is 17.8 Å². The number of H-pyrrole nitrogens is 1. The van der Waals surface area contributed by atoms with Gasteiger partial charge in [-0.25, -0.2) is 13.9 Å². The molecule has 0 bridgehead atoms. The van der Waals surface area contributed by atoms with Crippen LogP contribution in [0.2, 0.25) is 0 Å². The number of nitrogens with zero attached hydrogens (tertiary/aromatic N) is 6. The van der Waals surface area contributed by atoms with E-state index >= 15 is 4.39 Å². The van der Waals surface area contributed by atoms with Crippen LogP contribution in [0, 0.1) is 0 Å². The van der Waals surface area contributed by atoms with Gasteiger partial charge in [-0.15, -0.1) is 0 Å². The van der Waals surface area contributed by atoms with Gasteiger partial charge in [-0.05, 0) is 61.0 Å². The van der Waals surface area contributed by atoms with Crippen molar-refractivity contribution in [1.82, 2.24) is 19.5 Å². The van der Waals surface area contributed by atoms with Crippen LogP contribution in [0.1, 0.15) is 13.2 Å². The van der Waals surface area contributed by atoms with Crippen LogP contribution in [0.4, 0.5) is 10.3 Å². The number of alkyl halides is 1. The first-order valence-electron chi connectivity index (χ1n) is 13.1. The monoisotopic (exact) mass is 660 g/mol. The SMILES string of the molecule is COc1ccc(OP(=O)(OC[C@@]2(N=[N+]=[N-])O[C@@H](n3cnc4c(=O)[nH]c(N)nc43)[C@H](F)[C@@]2(O)C(C)=O)Oc2ccc(OC)cc2)cc1. The molecule has 2 aromatic carbocycles. The number of halogens is 1. The van der Waals surface area contributed by atoms with Crippen LogP contribution >= 0.6 is 7.82 Å². The number of carbonyl (C=O) groups excluding carboxylic acids is 1. The van der Waals surface area contributed by atoms with Crippen molar-refractivity contribution in [3.05, 3.63) is 75.7 Å². The summed E-state index contributed by atoms with van der Waals surface area (Å²) >= 11 is 0. The van der Waals surface area contributed by atoms with Crippen molar-refractivity contribution in [3.63, 3.8) is 0 Å². The van der Waals surface area contributed by atoms with Crippen molar-refractivity contribution in [2.45, 2.75) is 30.6 Å². The Bertz CT molecular complexity index is 1860. The van der Waals surface area contributed by atoms with Crippen molar-refractivity contribution < 1.29 is 46.6 Å². The predicted molar refractivity (Wildman–Crippen MR) is 156 cm³/mol. The fourth-order valence-corrected chi connectivity index (χ4v) is 5.92. The topological polar surface area (TPSA) is 248 Å². The highest BCUT2D eigenvalue weighted by atomic mass is 31.2. The highest BCUT2D eigenvalue weighted by Crippen LogP contribution is 2.54. The molecule has 5 rings (SSSR count). The molecule has 4 atom stereocenters. The number of nitrogens with one attached hydrogen (secondary N) is 1. The van der Waals surface area contributed by atoms with Gasteiger partial charge >= 0.3 is 7.82 Å². The van der Waals surface area contributed by atoms with Gasteiger partial charge in [0.1, 0.15) is 23.0 Å². The number of azide groups is 1. The van der Waals surface area contributed by atoms with E-state index in [-0.39, 0.29) is 28.6 Å². The second-order valence-corrected chi connectivity index (χ2v) is 11.3. The number of hydrogen-bond donors (Lipinski definition) is 3. The van der Waals surface area contributed by atoms with Gasteiger partial charge in [0.15, 0.2) is 34.9 Å². The number of hydrogen-bond acceptors (Lipinski definition) is 14. The number of carbonyl (C=O) groups is 1. The summed E-state index contributed by atoms with van der Waals surface area (Å²) in [5.74, 6) is -0.800. The lowest BCUT2D eigenvalue weighted by atomic mass is 9.85. The Labute approximate surface area is 258 Å². The van der Waals surface area contributed by atoms with Crippen LogP contribution in [0.3, 0.4) is 0 Å². The third-order valence-corrected chi connectivity index (χ3v) is 8.31. The lowest BCUT2D eigenvalue weighted by Gasteiger charge is -2.35. The van der Waals surface area contributed by atoms with Gasteiger partial charge in [0.25, 0.3) is 5.56 Å². The smallest absolute Gasteiger partial charge is 0.497 e. The Morgan fingerprint density at radius 3 is 2.20 bits per heavy atom. The Morgan fingerprint density at radius 2 is 1.70 bits per heavy atom. The van der Waals surface area contributed by atoms with E-state index in [1.165, 1.54) is 62.8 Å². The minimum Gasteiger partial charge on any atom is -0.497 e. The maximum absolute atomic E-state index is 16.3. The molecule has 1 aliphatic rings. The summed E-state index contributed by atoms with van der Waals surface area (Å²) in [6, 6.07) is 11.5. The lowest BCUT2D eigenvalue weighted by Crippen LogP contribution is -2.61. The molecule has 1 saturated heterocycles. The number of Topliss-reactive ketones (excluding diaryl/α,β-unsaturated/α-hetero) is 1. The van der Waals surface area contributed by atoms with E-state index in [1.807, 2.05) is 0 Å². The number of aliphatic hydroxyl groups is 1. The van der Waals surface area contributed by atoms with Gasteiger partial charge in [-0.1, -0.05) is 5.11 Å². The molecular weight excluding hydrogens is 634 g/mol. The van der Waals surface area contributed by atoms with Crippen LogP contribution in [0.5, 0.6) is 23.0 Å². The number of rotatable bonds is 12. The zero-order valence-electron chi connectivity index (χ0n) is 24.3. The van der Waals surface area contributed by atoms with E-state index in [0.29, 0.717) is 11.5 Å². The van der Waals surface area contributed by atoms with Crippen molar-refractivity contribution in [3.8, 4) is 23.0 Å². The maximum atomic E-state index is 16.3. The van der Waals surface area contributed by atoms with Crippen LogP contribution in [0.15, 0.2) is 64.8 Å². The molecule has 4 aromatic rings. The first-order chi connectivity index (χ1) is 21.9. The van der Waals surface area contributed by atoms with E-state index in [1.54, 1.807) is 0 Å². The van der Waals surface area contributed by atoms with Gasteiger partial charge in [-0.3, -0.25) is 23.7 Å². The summed E-state index contributed by atoms with van der Waals surface area (Å²) in [5, 5.41) is 15.0. The number of nitrogens with two attached hydrogens (primary N) is 1. The van der Waals surface area contributed by atoms with Crippen molar-refractivity contribution >= 4 is 30.7 Å². The number of aromatic nitrogens is 4. The first kappa shape index (κ1) is 32.2. The number of anilines is 1. The molecule has 0 radical (unpaired) electrons. The molecule has 0 amide bonds. The Kier molecular flexibility index (Phi) is 8.62. The van der Waals surface area contributed by atoms with Crippen LogP contribution in [0.25, 0.3) is 21.6 Å². The minimum absolute atomic E-state index is 0.0373. The zero-order chi connectivity index (χ0) is 33.3. The van der Waals surface area contributed by atoms with E-state index in [2.05, 4.69) is 25.0 Å². The maximum Gasteiger partial charge on any atom is 0.587 e. The van der Waals surface area contributed by atoms with Gasteiger partial charge in [-0.2, -0.15) is 4.98 Å². The lowest BCUT2D eigenvalue weighted by molar-refractivity contribution is -0.173. The van der Waals surface area contributed by atoms with Gasteiger partial charge < -0.3 is 34.1 Å². The molecule has 0 aliphatic carbocycles. The summed E-state index contributed by atoms with van der Waals surface area (Å²) in [5.41, 5.74) is 7.61. The number of imidazole rings is 1. The number of benzene rings is 2. The Hall–Kier alpha value is -5.19. The van der Waals surface area contributed by atoms with Crippen molar-refractivity contribution in [1.29, 1.82) is 0 Å². The molecule has 3 heterocycles. The second-order valence-electron chi connectivity index (χ2n) is 9.74. The molecule has 20 heteroatoms. The fraction of sp³-hybridized carbons (Fsp3) is 0.308. The number of methoxy groups -OCH3 is 2. The minimum atomic E-state index is -4.85. The molecule has 0 unspecified atom stereocenters. The van der Waals surface area contributed by atoms with Gasteiger partial charge in [0.2, 0.25) is 11.7 Å². The van der Waals surface area contributed by atoms with E-state index < -0.39 is 49.5 Å². The molecular formula is C26H26FN8O10P. The molecule has 18 nitrogen and oxygen atoms in total. The largest absolute Gasteiger partial charge is 0.587 e. The summed E-state index contributed by atoms with van der Waals surface area (Å²) in [7, 11) is -1.98. The standard InChI is InChI=1S/C26H26FN8O10P/c1-14(36)26(38)20(27)23(35-13-30-19-21(35)31-24(28)32-22(19)37)43-25(26,33-34-29)12-42-46(39,44-17-8-4-15(40-2)5-9-17)45-18-10-6-16(41-3)7-11-18/h4-11,13,20,23,38H,12H2,1-3H3,(H3,28,31,32,37)/t20-,23+,25+,26-/m0/s1. The normalized spacial score (nSPS) is 22.6. The number of fused-ring (bicyclic) bond motifs is 1. The average molecular weight is 661 g/mol. The summed E-state index contributed by atoms with van der Waals surface area (Å²) in [6.07, 6.45) is -3.74. The molecule has 4 N–H and O–H groups in total. The zero-order valence-corrected chi connectivity index (χ0v) is 25.2. The summed E-state index contributed by atoms with van der Waals surface area (Å²) < 4.78 is 63.9. The van der Waals surface area contributed by atoms with Gasteiger partial charge in [0.05, 0.1) is 27.2 Å². The molecule has 46 heavy (non-hydrogen) atoms. The van der Waals surface area contributed by atoms with Crippen molar-refractivity contribution in [2.75, 3.05) is 26.6 Å².